The van der Waals surface area contributed by atoms with E-state index in [2.05, 4.69) is 31.1 Å². The molecule has 94 valence electrons. The average Bonchev–Trinajstić information content (AvgIpc) is 2.27. The van der Waals surface area contributed by atoms with E-state index in [0.717, 1.165) is 39.3 Å². The van der Waals surface area contributed by atoms with Crippen molar-refractivity contribution in [3.05, 3.63) is 0 Å². The van der Waals surface area contributed by atoms with Crippen molar-refractivity contribution in [2.45, 2.75) is 20.3 Å². The van der Waals surface area contributed by atoms with Crippen LogP contribution in [0.25, 0.3) is 0 Å². The molecule has 1 amide bonds. The average molecular weight is 227 g/mol. The summed E-state index contributed by atoms with van der Waals surface area (Å²) in [7, 11) is 2.11. The van der Waals surface area contributed by atoms with Crippen molar-refractivity contribution in [3.63, 3.8) is 0 Å². The van der Waals surface area contributed by atoms with Crippen molar-refractivity contribution < 1.29 is 4.79 Å². The van der Waals surface area contributed by atoms with Crippen LogP contribution < -0.4 is 5.32 Å². The van der Waals surface area contributed by atoms with Crippen molar-refractivity contribution in [1.29, 1.82) is 0 Å². The molecule has 16 heavy (non-hydrogen) atoms. The summed E-state index contributed by atoms with van der Waals surface area (Å²) >= 11 is 0. The number of carbonyl (C=O) groups excluding carboxylic acids is 1. The summed E-state index contributed by atoms with van der Waals surface area (Å²) in [5.41, 5.74) is 0. The van der Waals surface area contributed by atoms with Gasteiger partial charge in [-0.25, -0.2) is 0 Å². The predicted molar refractivity (Wildman–Crippen MR) is 66.4 cm³/mol. The topological polar surface area (TPSA) is 35.6 Å². The quantitative estimate of drug-likeness (QED) is 0.738. The SMILES string of the molecule is CCNCC(C)CC(=O)N1CCN(C)CC1. The van der Waals surface area contributed by atoms with Crippen LogP contribution in [0.5, 0.6) is 0 Å². The Hall–Kier alpha value is -0.610. The monoisotopic (exact) mass is 227 g/mol. The number of nitrogens with zero attached hydrogens (tertiary/aromatic N) is 2. The molecule has 0 spiro atoms. The van der Waals surface area contributed by atoms with Gasteiger partial charge in [-0.1, -0.05) is 13.8 Å². The largest absolute Gasteiger partial charge is 0.340 e. The first kappa shape index (κ1) is 13.5. The maximum Gasteiger partial charge on any atom is 0.222 e. The van der Waals surface area contributed by atoms with E-state index in [4.69, 9.17) is 0 Å². The van der Waals surface area contributed by atoms with Crippen LogP contribution in [-0.4, -0.2) is 62.0 Å². The highest BCUT2D eigenvalue weighted by molar-refractivity contribution is 5.76. The highest BCUT2D eigenvalue weighted by Crippen LogP contribution is 2.07. The van der Waals surface area contributed by atoms with Crippen molar-refractivity contribution in [2.75, 3.05) is 46.3 Å². The minimum Gasteiger partial charge on any atom is -0.340 e. The number of nitrogens with one attached hydrogen (secondary N) is 1. The number of piperazine rings is 1. The van der Waals surface area contributed by atoms with Crippen LogP contribution in [0, 0.1) is 5.92 Å². The van der Waals surface area contributed by atoms with E-state index in [1.165, 1.54) is 0 Å². The number of carbonyl (C=O) groups is 1. The van der Waals surface area contributed by atoms with Crippen LogP contribution in [0.2, 0.25) is 0 Å². The molecule has 0 bridgehead atoms. The van der Waals surface area contributed by atoms with Crippen LogP contribution in [0.3, 0.4) is 0 Å². The Bertz CT molecular complexity index is 212. The van der Waals surface area contributed by atoms with Gasteiger partial charge in [-0.05, 0) is 26.1 Å². The number of rotatable bonds is 5. The number of amides is 1. The smallest absolute Gasteiger partial charge is 0.222 e. The second-order valence-electron chi connectivity index (χ2n) is 4.80. The number of hydrogen-bond acceptors (Lipinski definition) is 3. The fourth-order valence-electron chi connectivity index (χ4n) is 1.95. The molecule has 1 saturated heterocycles. The molecule has 0 aliphatic carbocycles. The lowest BCUT2D eigenvalue weighted by molar-refractivity contribution is -0.133. The predicted octanol–water partition coefficient (Wildman–Crippen LogP) is 0.396. The third-order valence-electron chi connectivity index (χ3n) is 3.12. The third kappa shape index (κ3) is 4.49. The first-order valence-electron chi connectivity index (χ1n) is 6.30. The molecule has 1 unspecified atom stereocenters. The Morgan fingerprint density at radius 1 is 1.31 bits per heavy atom. The van der Waals surface area contributed by atoms with E-state index < -0.39 is 0 Å². The molecule has 1 aliphatic rings. The summed E-state index contributed by atoms with van der Waals surface area (Å²) < 4.78 is 0. The number of hydrogen-bond donors (Lipinski definition) is 1. The Balaban J connectivity index is 2.23. The van der Waals surface area contributed by atoms with Crippen molar-refractivity contribution in [2.24, 2.45) is 5.92 Å². The highest BCUT2D eigenvalue weighted by atomic mass is 16.2. The van der Waals surface area contributed by atoms with Gasteiger partial charge in [0.1, 0.15) is 0 Å². The maximum atomic E-state index is 12.0. The molecule has 4 heteroatoms. The first-order valence-corrected chi connectivity index (χ1v) is 6.30. The van der Waals surface area contributed by atoms with E-state index >= 15 is 0 Å². The minimum atomic E-state index is 0.318. The molecule has 0 aromatic heterocycles. The molecule has 1 N–H and O–H groups in total. The molecular weight excluding hydrogens is 202 g/mol. The summed E-state index contributed by atoms with van der Waals surface area (Å²) in [6.45, 7) is 9.95. The molecule has 0 radical (unpaired) electrons. The Labute approximate surface area is 99.0 Å². The highest BCUT2D eigenvalue weighted by Gasteiger charge is 2.20. The molecule has 4 nitrogen and oxygen atoms in total. The van der Waals surface area contributed by atoms with Gasteiger partial charge in [0.15, 0.2) is 0 Å². The molecule has 1 atom stereocenters. The van der Waals surface area contributed by atoms with E-state index in [0.29, 0.717) is 18.2 Å². The van der Waals surface area contributed by atoms with E-state index in [1.54, 1.807) is 0 Å². The normalized spacial score (nSPS) is 19.8. The fraction of sp³-hybridized carbons (Fsp3) is 0.917. The van der Waals surface area contributed by atoms with Gasteiger partial charge < -0.3 is 15.1 Å². The molecule has 0 aromatic rings. The van der Waals surface area contributed by atoms with Gasteiger partial charge in [0.05, 0.1) is 0 Å². The standard InChI is InChI=1S/C12H25N3O/c1-4-13-10-11(2)9-12(16)15-7-5-14(3)6-8-15/h11,13H,4-10H2,1-3H3. The molecule has 0 aromatic carbocycles. The van der Waals surface area contributed by atoms with Gasteiger partial charge in [0.25, 0.3) is 0 Å². The summed E-state index contributed by atoms with van der Waals surface area (Å²) in [4.78, 5) is 16.2. The zero-order valence-electron chi connectivity index (χ0n) is 10.8. The lowest BCUT2D eigenvalue weighted by atomic mass is 10.1. The Morgan fingerprint density at radius 3 is 2.50 bits per heavy atom. The van der Waals surface area contributed by atoms with Crippen LogP contribution in [0.15, 0.2) is 0 Å². The summed E-state index contributed by atoms with van der Waals surface area (Å²) in [5.74, 6) is 0.755. The zero-order chi connectivity index (χ0) is 12.0. The van der Waals surface area contributed by atoms with E-state index in [9.17, 15) is 4.79 Å². The van der Waals surface area contributed by atoms with Gasteiger partial charge >= 0.3 is 0 Å². The van der Waals surface area contributed by atoms with Gasteiger partial charge in [0, 0.05) is 32.6 Å². The molecule has 1 heterocycles. The summed E-state index contributed by atoms with van der Waals surface area (Å²) in [5, 5.41) is 3.28. The first-order chi connectivity index (χ1) is 7.63. The van der Waals surface area contributed by atoms with Crippen molar-refractivity contribution in [3.8, 4) is 0 Å². The third-order valence-corrected chi connectivity index (χ3v) is 3.12. The second-order valence-corrected chi connectivity index (χ2v) is 4.80. The molecular formula is C12H25N3O. The van der Waals surface area contributed by atoms with E-state index in [-0.39, 0.29) is 0 Å². The molecule has 1 aliphatic heterocycles. The Morgan fingerprint density at radius 2 is 1.94 bits per heavy atom. The Kier molecular flexibility index (Phi) is 5.77. The minimum absolute atomic E-state index is 0.318. The van der Waals surface area contributed by atoms with Gasteiger partial charge in [-0.3, -0.25) is 4.79 Å². The van der Waals surface area contributed by atoms with Crippen LogP contribution in [0.4, 0.5) is 0 Å². The van der Waals surface area contributed by atoms with Crippen molar-refractivity contribution in [1.82, 2.24) is 15.1 Å². The maximum absolute atomic E-state index is 12.0. The van der Waals surface area contributed by atoms with Gasteiger partial charge in [-0.2, -0.15) is 0 Å². The summed E-state index contributed by atoms with van der Waals surface area (Å²) in [6, 6.07) is 0. The molecule has 0 saturated carbocycles. The molecule has 1 fully saturated rings. The lowest BCUT2D eigenvalue weighted by Gasteiger charge is -2.33. The van der Waals surface area contributed by atoms with Crippen LogP contribution in [0.1, 0.15) is 20.3 Å². The fourth-order valence-corrected chi connectivity index (χ4v) is 1.95. The number of likely N-dealkylation sites (N-methyl/N-ethyl adjacent to an activating group) is 1. The van der Waals surface area contributed by atoms with Gasteiger partial charge in [-0.15, -0.1) is 0 Å². The van der Waals surface area contributed by atoms with Crippen LogP contribution in [-0.2, 0) is 4.79 Å². The van der Waals surface area contributed by atoms with Crippen molar-refractivity contribution >= 4 is 5.91 Å². The second kappa shape index (κ2) is 6.86. The molecule has 1 rings (SSSR count). The van der Waals surface area contributed by atoms with Crippen LogP contribution >= 0.6 is 0 Å². The summed E-state index contributed by atoms with van der Waals surface area (Å²) in [6.07, 6.45) is 0.677. The lowest BCUT2D eigenvalue weighted by Crippen LogP contribution is -2.47. The van der Waals surface area contributed by atoms with E-state index in [1.807, 2.05) is 4.90 Å². The zero-order valence-corrected chi connectivity index (χ0v) is 10.8. The van der Waals surface area contributed by atoms with Gasteiger partial charge in [0.2, 0.25) is 5.91 Å².